The molecular weight excluding hydrogens is 288 g/mol. The van der Waals surface area contributed by atoms with Gasteiger partial charge < -0.3 is 24.8 Å². The van der Waals surface area contributed by atoms with Gasteiger partial charge in [0.25, 0.3) is 0 Å². The van der Waals surface area contributed by atoms with E-state index in [1.54, 1.807) is 6.07 Å². The highest BCUT2D eigenvalue weighted by atomic mass is 16.5. The second-order valence-electron chi connectivity index (χ2n) is 5.00. The van der Waals surface area contributed by atoms with E-state index in [1.165, 1.54) is 31.4 Å². The third kappa shape index (κ3) is 2.28. The lowest BCUT2D eigenvalue weighted by Crippen LogP contribution is -2.20. The number of phenols is 3. The maximum atomic E-state index is 12.2. The molecule has 1 aliphatic rings. The quantitative estimate of drug-likeness (QED) is 0.738. The first-order valence-electron chi connectivity index (χ1n) is 6.62. The summed E-state index contributed by atoms with van der Waals surface area (Å²) in [4.78, 5) is 12.2. The van der Waals surface area contributed by atoms with E-state index < -0.39 is 6.10 Å². The molecule has 3 N–H and O–H groups in total. The van der Waals surface area contributed by atoms with Gasteiger partial charge in [0.05, 0.1) is 13.5 Å². The Labute approximate surface area is 126 Å². The van der Waals surface area contributed by atoms with Gasteiger partial charge in [-0.2, -0.15) is 0 Å². The summed E-state index contributed by atoms with van der Waals surface area (Å²) in [6.07, 6.45) is -0.588. The van der Waals surface area contributed by atoms with Gasteiger partial charge in [0.2, 0.25) is 0 Å². The zero-order valence-corrected chi connectivity index (χ0v) is 11.7. The molecule has 0 fully saturated rings. The van der Waals surface area contributed by atoms with Gasteiger partial charge in [-0.05, 0) is 17.7 Å². The predicted octanol–water partition coefficient (Wildman–Crippen LogP) is 2.52. The Kier molecular flexibility index (Phi) is 3.29. The van der Waals surface area contributed by atoms with E-state index in [1.807, 2.05) is 0 Å². The first-order valence-corrected chi connectivity index (χ1v) is 6.62. The highest BCUT2D eigenvalue weighted by Crippen LogP contribution is 2.42. The van der Waals surface area contributed by atoms with Crippen LogP contribution in [0, 0.1) is 0 Å². The summed E-state index contributed by atoms with van der Waals surface area (Å²) in [5.41, 5.74) is 0.677. The Morgan fingerprint density at radius 3 is 2.55 bits per heavy atom. The number of fused-ring (bicyclic) bond motifs is 1. The summed E-state index contributed by atoms with van der Waals surface area (Å²) < 4.78 is 10.8. The van der Waals surface area contributed by atoms with Gasteiger partial charge >= 0.3 is 0 Å². The molecule has 3 rings (SSSR count). The second-order valence-corrected chi connectivity index (χ2v) is 5.00. The molecule has 0 radical (unpaired) electrons. The van der Waals surface area contributed by atoms with Gasteiger partial charge in [-0.3, -0.25) is 4.79 Å². The van der Waals surface area contributed by atoms with Crippen molar-refractivity contribution < 1.29 is 29.6 Å². The molecule has 0 spiro atoms. The van der Waals surface area contributed by atoms with Crippen molar-refractivity contribution in [2.75, 3.05) is 7.11 Å². The number of ether oxygens (including phenoxy) is 2. The molecule has 0 saturated heterocycles. The van der Waals surface area contributed by atoms with Crippen molar-refractivity contribution in [3.05, 3.63) is 41.5 Å². The number of ketones is 1. The van der Waals surface area contributed by atoms with Crippen LogP contribution in [0.25, 0.3) is 0 Å². The molecule has 22 heavy (non-hydrogen) atoms. The van der Waals surface area contributed by atoms with Gasteiger partial charge in [0, 0.05) is 12.1 Å². The summed E-state index contributed by atoms with van der Waals surface area (Å²) in [6.45, 7) is 0. The Balaban J connectivity index is 2.01. The fourth-order valence-electron chi connectivity index (χ4n) is 2.46. The molecule has 2 aromatic rings. The van der Waals surface area contributed by atoms with Crippen LogP contribution in [-0.4, -0.2) is 28.2 Å². The minimum atomic E-state index is -0.613. The number of rotatable bonds is 2. The third-order valence-electron chi connectivity index (χ3n) is 3.58. The van der Waals surface area contributed by atoms with Crippen molar-refractivity contribution in [2.45, 2.75) is 12.5 Å². The predicted molar refractivity (Wildman–Crippen MR) is 76.7 cm³/mol. The second kappa shape index (κ2) is 5.14. The van der Waals surface area contributed by atoms with Gasteiger partial charge in [0.15, 0.2) is 17.3 Å². The Hall–Kier alpha value is -2.89. The molecule has 0 saturated carbocycles. The molecular formula is C16H14O6. The minimum absolute atomic E-state index is 0.0249. The number of methoxy groups -OCH3 is 1. The van der Waals surface area contributed by atoms with E-state index >= 15 is 0 Å². The van der Waals surface area contributed by atoms with Crippen molar-refractivity contribution >= 4 is 5.78 Å². The van der Waals surface area contributed by atoms with Crippen LogP contribution >= 0.6 is 0 Å². The number of carbonyl (C=O) groups is 1. The van der Waals surface area contributed by atoms with Crippen molar-refractivity contribution in [1.29, 1.82) is 0 Å². The number of phenolic OH excluding ortho intramolecular Hbond substituents is 3. The molecule has 0 bridgehead atoms. The van der Waals surface area contributed by atoms with Crippen molar-refractivity contribution in [2.24, 2.45) is 0 Å². The monoisotopic (exact) mass is 302 g/mol. The van der Waals surface area contributed by atoms with Crippen LogP contribution in [0.2, 0.25) is 0 Å². The van der Waals surface area contributed by atoms with E-state index in [-0.39, 0.29) is 40.8 Å². The van der Waals surface area contributed by atoms with Gasteiger partial charge in [-0.25, -0.2) is 0 Å². The molecule has 114 valence electrons. The molecule has 0 aliphatic carbocycles. The lowest BCUT2D eigenvalue weighted by molar-refractivity contribution is 0.0844. The van der Waals surface area contributed by atoms with E-state index in [4.69, 9.17) is 9.47 Å². The maximum absolute atomic E-state index is 12.2. The number of hydrogen-bond donors (Lipinski definition) is 3. The van der Waals surface area contributed by atoms with Crippen LogP contribution in [0.15, 0.2) is 30.3 Å². The van der Waals surface area contributed by atoms with Crippen LogP contribution in [0.5, 0.6) is 28.7 Å². The highest BCUT2D eigenvalue weighted by molar-refractivity contribution is 6.02. The first-order chi connectivity index (χ1) is 10.5. The van der Waals surface area contributed by atoms with Crippen molar-refractivity contribution in [1.82, 2.24) is 0 Å². The fourth-order valence-corrected chi connectivity index (χ4v) is 2.46. The lowest BCUT2D eigenvalue weighted by atomic mass is 9.95. The molecule has 6 heteroatoms. The van der Waals surface area contributed by atoms with E-state index in [0.29, 0.717) is 11.3 Å². The van der Waals surface area contributed by atoms with E-state index in [9.17, 15) is 20.1 Å². The van der Waals surface area contributed by atoms with Gasteiger partial charge in [-0.1, -0.05) is 6.07 Å². The zero-order chi connectivity index (χ0) is 15.9. The molecule has 0 amide bonds. The molecule has 1 aliphatic heterocycles. The Morgan fingerprint density at radius 1 is 1.09 bits per heavy atom. The van der Waals surface area contributed by atoms with Crippen LogP contribution < -0.4 is 9.47 Å². The number of aromatic hydroxyl groups is 3. The first kappa shape index (κ1) is 14.1. The maximum Gasteiger partial charge on any atom is 0.174 e. The summed E-state index contributed by atoms with van der Waals surface area (Å²) in [7, 11) is 1.45. The standard InChI is InChI=1S/C16H14O6/c1-21-9-5-12(19)16-13(20)7-14(22-15(16)6-9)8-2-3-10(17)11(18)4-8/h2-6,14,17-19H,7H2,1H3. The van der Waals surface area contributed by atoms with E-state index in [2.05, 4.69) is 0 Å². The van der Waals surface area contributed by atoms with Crippen LogP contribution in [0.1, 0.15) is 28.4 Å². The number of Topliss-reactive ketones (excluding diaryl/α,β-unsaturated/α-hetero) is 1. The molecule has 1 atom stereocenters. The number of hydrogen-bond acceptors (Lipinski definition) is 6. The summed E-state index contributed by atoms with van der Waals surface area (Å²) in [6, 6.07) is 7.12. The van der Waals surface area contributed by atoms with Gasteiger partial charge in [0.1, 0.15) is 28.9 Å². The summed E-state index contributed by atoms with van der Waals surface area (Å²) in [5.74, 6) is -0.382. The lowest BCUT2D eigenvalue weighted by Gasteiger charge is -2.26. The molecule has 0 aromatic heterocycles. The average molecular weight is 302 g/mol. The molecule has 1 heterocycles. The highest BCUT2D eigenvalue weighted by Gasteiger charge is 2.31. The number of carbonyl (C=O) groups excluding carboxylic acids is 1. The summed E-state index contributed by atoms with van der Waals surface area (Å²) in [5, 5.41) is 28.8. The van der Waals surface area contributed by atoms with E-state index in [0.717, 1.165) is 0 Å². The smallest absolute Gasteiger partial charge is 0.174 e. The van der Waals surface area contributed by atoms with Crippen LogP contribution in [0.3, 0.4) is 0 Å². The largest absolute Gasteiger partial charge is 0.507 e. The average Bonchev–Trinajstić information content (AvgIpc) is 2.49. The van der Waals surface area contributed by atoms with Crippen molar-refractivity contribution in [3.8, 4) is 28.7 Å². The SMILES string of the molecule is COc1cc(O)c2c(c1)OC(c1ccc(O)c(O)c1)CC2=O. The molecule has 6 nitrogen and oxygen atoms in total. The zero-order valence-electron chi connectivity index (χ0n) is 11.7. The Bertz CT molecular complexity index is 753. The third-order valence-corrected chi connectivity index (χ3v) is 3.58. The normalized spacial score (nSPS) is 16.8. The van der Waals surface area contributed by atoms with Crippen molar-refractivity contribution in [3.63, 3.8) is 0 Å². The fraction of sp³-hybridized carbons (Fsp3) is 0.188. The topological polar surface area (TPSA) is 96.2 Å². The number of benzene rings is 2. The van der Waals surface area contributed by atoms with Crippen LogP contribution in [-0.2, 0) is 0 Å². The van der Waals surface area contributed by atoms with Gasteiger partial charge in [-0.15, -0.1) is 0 Å². The minimum Gasteiger partial charge on any atom is -0.507 e. The molecule has 1 unspecified atom stereocenters. The van der Waals surface area contributed by atoms with Crippen LogP contribution in [0.4, 0.5) is 0 Å². The molecule has 2 aromatic carbocycles. The Morgan fingerprint density at radius 2 is 1.86 bits per heavy atom. The summed E-state index contributed by atoms with van der Waals surface area (Å²) >= 11 is 0.